The molecule has 2 unspecified atom stereocenters. The Kier molecular flexibility index (Phi) is 5.28. The molecule has 0 saturated carbocycles. The highest BCUT2D eigenvalue weighted by molar-refractivity contribution is 7.48. The van der Waals surface area contributed by atoms with E-state index in [1.54, 1.807) is 10.2 Å². The van der Waals surface area contributed by atoms with Crippen molar-refractivity contribution in [2.45, 2.75) is 6.42 Å². The van der Waals surface area contributed by atoms with Crippen molar-refractivity contribution in [2.24, 2.45) is 0 Å². The predicted octanol–water partition coefficient (Wildman–Crippen LogP) is -2.52. The lowest BCUT2D eigenvalue weighted by molar-refractivity contribution is -0.197. The first-order valence-electron chi connectivity index (χ1n) is 3.28. The molecule has 0 bridgehead atoms. The quantitative estimate of drug-likeness (QED) is 0.290. The molecule has 0 aromatic carbocycles. The molecule has 0 radical (unpaired) electrons. The van der Waals surface area contributed by atoms with Crippen LogP contribution in [0.3, 0.4) is 0 Å². The molecule has 0 spiro atoms. The number of rotatable bonds is 6. The largest absolute Gasteiger partial charge is 0.766 e. The summed E-state index contributed by atoms with van der Waals surface area (Å²) in [6, 6.07) is 0. The molecule has 4 N–H and O–H groups in total. The highest BCUT2D eigenvalue weighted by atomic mass is 31.2. The van der Waals surface area contributed by atoms with Crippen LogP contribution in [0.5, 0.6) is 0 Å². The van der Waals surface area contributed by atoms with E-state index in [1.807, 2.05) is 0 Å². The smallest absolute Gasteiger partial charge is 0.201 e. The van der Waals surface area contributed by atoms with E-state index in [9.17, 15) is 18.9 Å². The average molecular weight is 232 g/mol. The maximum atomic E-state index is 10.1. The van der Waals surface area contributed by atoms with E-state index in [2.05, 4.69) is 0 Å². The Morgan fingerprint density at radius 1 is 1.00 bits per heavy atom. The second-order valence-corrected chi connectivity index (χ2v) is 4.92. The summed E-state index contributed by atoms with van der Waals surface area (Å²) in [5.41, 5.74) is 0. The third-order valence-electron chi connectivity index (χ3n) is 0.977. The molecule has 0 aromatic heterocycles. The van der Waals surface area contributed by atoms with E-state index >= 15 is 0 Å². The Labute approximate surface area is 74.8 Å². The number of hydrogen-bond donors (Lipinski definition) is 4. The lowest BCUT2D eigenvalue weighted by atomic mass is 10.4. The van der Waals surface area contributed by atoms with Crippen LogP contribution in [0.25, 0.3) is 0 Å². The van der Waals surface area contributed by atoms with E-state index in [0.29, 0.717) is 0 Å². The van der Waals surface area contributed by atoms with Crippen LogP contribution in [0, 0.1) is 0 Å². The van der Waals surface area contributed by atoms with Crippen molar-refractivity contribution < 1.29 is 28.7 Å². The summed E-state index contributed by atoms with van der Waals surface area (Å²) >= 11 is 0. The standard InChI is InChI=1S/C3H12N2O6P2/c6-12(7,8)4-2-1-3-5-13(9,10)11/h1-3H2,(H3,4,6,7,8)(H3,5,9,10,11)/p-2. The minimum atomic E-state index is -4.48. The van der Waals surface area contributed by atoms with E-state index < -0.39 is 15.5 Å². The zero-order chi connectivity index (χ0) is 10.5. The van der Waals surface area contributed by atoms with Crippen LogP contribution in [0.15, 0.2) is 0 Å². The fraction of sp³-hybridized carbons (Fsp3) is 1.00. The molecule has 0 heterocycles. The average Bonchev–Trinajstić information content (AvgIpc) is 1.81. The van der Waals surface area contributed by atoms with Crippen LogP contribution < -0.4 is 20.0 Å². The van der Waals surface area contributed by atoms with Gasteiger partial charge in [0.15, 0.2) is 0 Å². The molecule has 13 heavy (non-hydrogen) atoms. The van der Waals surface area contributed by atoms with E-state index in [-0.39, 0.29) is 19.5 Å². The van der Waals surface area contributed by atoms with Crippen molar-refractivity contribution in [3.05, 3.63) is 0 Å². The summed E-state index contributed by atoms with van der Waals surface area (Å²) < 4.78 is 20.2. The van der Waals surface area contributed by atoms with Gasteiger partial charge in [-0.15, -0.1) is 0 Å². The fourth-order valence-corrected chi connectivity index (χ4v) is 1.41. The Bertz CT molecular complexity index is 208. The monoisotopic (exact) mass is 232 g/mol. The highest BCUT2D eigenvalue weighted by Gasteiger charge is 2.01. The molecule has 10 heteroatoms. The second-order valence-electron chi connectivity index (χ2n) is 2.21. The Balaban J connectivity index is 3.39. The molecule has 0 fully saturated rings. The SMILES string of the molecule is O=P([O-])(O)NCCCNP(=O)([O-])O. The van der Waals surface area contributed by atoms with Crippen LogP contribution in [0.2, 0.25) is 0 Å². The zero-order valence-electron chi connectivity index (χ0n) is 6.54. The summed E-state index contributed by atoms with van der Waals surface area (Å²) in [7, 11) is -8.97. The first kappa shape index (κ1) is 13.2. The molecule has 80 valence electrons. The van der Waals surface area contributed by atoms with Gasteiger partial charge < -0.3 is 19.6 Å². The zero-order valence-corrected chi connectivity index (χ0v) is 8.33. The van der Waals surface area contributed by atoms with Crippen molar-refractivity contribution in [1.82, 2.24) is 10.2 Å². The molecular weight excluding hydrogens is 222 g/mol. The van der Waals surface area contributed by atoms with Crippen molar-refractivity contribution in [3.63, 3.8) is 0 Å². The van der Waals surface area contributed by atoms with Crippen LogP contribution >= 0.6 is 15.5 Å². The maximum absolute atomic E-state index is 10.1. The van der Waals surface area contributed by atoms with E-state index in [4.69, 9.17) is 9.79 Å². The summed E-state index contributed by atoms with van der Waals surface area (Å²) in [6.45, 7) is -0.214. The lowest BCUT2D eigenvalue weighted by Gasteiger charge is -2.18. The molecule has 8 nitrogen and oxygen atoms in total. The van der Waals surface area contributed by atoms with E-state index in [0.717, 1.165) is 0 Å². The van der Waals surface area contributed by atoms with Gasteiger partial charge >= 0.3 is 0 Å². The second kappa shape index (κ2) is 5.19. The molecule has 0 aliphatic heterocycles. The van der Waals surface area contributed by atoms with Crippen LogP contribution in [-0.2, 0) is 9.13 Å². The summed E-state index contributed by atoms with van der Waals surface area (Å²) in [4.78, 5) is 36.5. The van der Waals surface area contributed by atoms with Gasteiger partial charge in [0.25, 0.3) is 0 Å². The topological polar surface area (TPSA) is 145 Å². The predicted molar refractivity (Wildman–Crippen MR) is 40.3 cm³/mol. The van der Waals surface area contributed by atoms with Crippen molar-refractivity contribution in [3.8, 4) is 0 Å². The molecule has 2 atom stereocenters. The van der Waals surface area contributed by atoms with Gasteiger partial charge in [0, 0.05) is 13.1 Å². The Morgan fingerprint density at radius 3 is 1.54 bits per heavy atom. The minimum Gasteiger partial charge on any atom is -0.766 e. The van der Waals surface area contributed by atoms with Gasteiger partial charge in [-0.1, -0.05) is 0 Å². The first-order chi connectivity index (χ1) is 5.71. The summed E-state index contributed by atoms with van der Waals surface area (Å²) in [6.07, 6.45) is 0.125. The van der Waals surface area contributed by atoms with Crippen LogP contribution in [0.1, 0.15) is 6.42 Å². The number of hydrogen-bond acceptors (Lipinski definition) is 4. The van der Waals surface area contributed by atoms with Gasteiger partial charge in [-0.2, -0.15) is 0 Å². The van der Waals surface area contributed by atoms with Gasteiger partial charge in [0.05, 0.1) is 0 Å². The molecule has 0 aliphatic rings. The molecule has 0 aliphatic carbocycles. The fourth-order valence-electron chi connectivity index (χ4n) is 0.529. The molecular formula is C3H10N2O6P2-2. The highest BCUT2D eigenvalue weighted by Crippen LogP contribution is 2.22. The minimum absolute atomic E-state index is 0.107. The summed E-state index contributed by atoms with van der Waals surface area (Å²) in [5.74, 6) is 0. The van der Waals surface area contributed by atoms with Gasteiger partial charge in [0.2, 0.25) is 15.5 Å². The molecule has 0 saturated heterocycles. The maximum Gasteiger partial charge on any atom is 0.201 e. The van der Waals surface area contributed by atoms with Gasteiger partial charge in [0.1, 0.15) is 0 Å². The van der Waals surface area contributed by atoms with Crippen LogP contribution in [0.4, 0.5) is 0 Å². The van der Waals surface area contributed by atoms with Gasteiger partial charge in [-0.3, -0.25) is 19.3 Å². The Hall–Kier alpha value is 0.220. The van der Waals surface area contributed by atoms with Gasteiger partial charge in [-0.05, 0) is 6.42 Å². The van der Waals surface area contributed by atoms with Gasteiger partial charge in [-0.25, -0.2) is 0 Å². The van der Waals surface area contributed by atoms with E-state index in [1.165, 1.54) is 0 Å². The molecule has 0 aromatic rings. The number of nitrogens with one attached hydrogen (secondary N) is 2. The third kappa shape index (κ3) is 12.2. The normalized spacial score (nSPS) is 20.6. The van der Waals surface area contributed by atoms with Crippen molar-refractivity contribution in [1.29, 1.82) is 0 Å². The van der Waals surface area contributed by atoms with Crippen LogP contribution in [-0.4, -0.2) is 22.9 Å². The van der Waals surface area contributed by atoms with Crippen molar-refractivity contribution >= 4 is 15.5 Å². The molecule has 0 rings (SSSR count). The lowest BCUT2D eigenvalue weighted by Crippen LogP contribution is -2.24. The third-order valence-corrected chi connectivity index (χ3v) is 2.22. The van der Waals surface area contributed by atoms with Crippen molar-refractivity contribution in [2.75, 3.05) is 13.1 Å². The summed E-state index contributed by atoms with van der Waals surface area (Å²) in [5, 5.41) is 3.50. The molecule has 0 amide bonds. The Morgan fingerprint density at radius 2 is 1.31 bits per heavy atom. The first-order valence-corrected chi connectivity index (χ1v) is 6.44.